The topological polar surface area (TPSA) is 43.1 Å². The van der Waals surface area contributed by atoms with Gasteiger partial charge in [-0.3, -0.25) is 0 Å². The van der Waals surface area contributed by atoms with E-state index in [1.807, 2.05) is 24.3 Å². The summed E-state index contributed by atoms with van der Waals surface area (Å²) in [7, 11) is 1.65. The number of methoxy groups -OCH3 is 1. The summed E-state index contributed by atoms with van der Waals surface area (Å²) in [4.78, 5) is 1.40. The molecule has 0 bridgehead atoms. The van der Waals surface area contributed by atoms with Gasteiger partial charge in [-0.25, -0.2) is 0 Å². The smallest absolute Gasteiger partial charge is 0.126 e. The molecule has 4 nitrogen and oxygen atoms in total. The van der Waals surface area contributed by atoms with Crippen molar-refractivity contribution in [2.75, 3.05) is 20.3 Å². The van der Waals surface area contributed by atoms with Crippen molar-refractivity contribution >= 4 is 0 Å². The molecule has 1 aromatic carbocycles. The van der Waals surface area contributed by atoms with Crippen molar-refractivity contribution in [2.24, 2.45) is 0 Å². The molecule has 1 atom stereocenters. The van der Waals surface area contributed by atoms with E-state index in [9.17, 15) is 5.11 Å². The standard InChI is InChI=1S/C17H29NO3/c1-13(2)18(14(3)4)10-16(19)12-21-11-15-7-6-8-17(9-15)20-5/h6-9,13-14,16,19H,10-12H2,1-5H3/p+1/t16-/m0/s1. The van der Waals surface area contributed by atoms with Crippen molar-refractivity contribution in [3.63, 3.8) is 0 Å². The first-order chi connectivity index (χ1) is 9.93. The minimum absolute atomic E-state index is 0.361. The molecule has 1 aromatic rings. The maximum absolute atomic E-state index is 10.1. The van der Waals surface area contributed by atoms with Crippen LogP contribution in [0.3, 0.4) is 0 Å². The lowest BCUT2D eigenvalue weighted by Crippen LogP contribution is -3.18. The summed E-state index contributed by atoms with van der Waals surface area (Å²) in [6.07, 6.45) is -0.435. The minimum atomic E-state index is -0.435. The van der Waals surface area contributed by atoms with Crippen LogP contribution in [0.2, 0.25) is 0 Å². The first-order valence-corrected chi connectivity index (χ1v) is 7.68. The van der Waals surface area contributed by atoms with Crippen LogP contribution in [0, 0.1) is 0 Å². The second kappa shape index (κ2) is 9.03. The number of ether oxygens (including phenoxy) is 2. The van der Waals surface area contributed by atoms with Gasteiger partial charge < -0.3 is 19.5 Å². The number of hydrogen-bond donors (Lipinski definition) is 2. The summed E-state index contributed by atoms with van der Waals surface area (Å²) in [5.74, 6) is 0.826. The number of quaternary nitrogens is 1. The molecule has 1 rings (SSSR count). The van der Waals surface area contributed by atoms with E-state index in [4.69, 9.17) is 9.47 Å². The van der Waals surface area contributed by atoms with E-state index in [2.05, 4.69) is 27.7 Å². The first kappa shape index (κ1) is 18.0. The van der Waals surface area contributed by atoms with Crippen LogP contribution in [0.25, 0.3) is 0 Å². The van der Waals surface area contributed by atoms with Gasteiger partial charge in [0.2, 0.25) is 0 Å². The normalized spacial score (nSPS) is 13.2. The van der Waals surface area contributed by atoms with Crippen molar-refractivity contribution in [3.8, 4) is 5.75 Å². The zero-order valence-corrected chi connectivity index (χ0v) is 13.9. The quantitative estimate of drug-likeness (QED) is 0.721. The summed E-state index contributed by atoms with van der Waals surface area (Å²) < 4.78 is 10.8. The van der Waals surface area contributed by atoms with E-state index in [1.54, 1.807) is 7.11 Å². The third kappa shape index (κ3) is 6.46. The fourth-order valence-corrected chi connectivity index (χ4v) is 2.54. The van der Waals surface area contributed by atoms with Crippen LogP contribution >= 0.6 is 0 Å². The largest absolute Gasteiger partial charge is 0.497 e. The molecule has 21 heavy (non-hydrogen) atoms. The van der Waals surface area contributed by atoms with Crippen LogP contribution in [0.1, 0.15) is 33.3 Å². The SMILES string of the molecule is COc1cccc(COC[C@@H](O)C[NH+](C(C)C)C(C)C)c1. The Morgan fingerprint density at radius 1 is 1.14 bits per heavy atom. The number of benzene rings is 1. The Balaban J connectivity index is 2.37. The van der Waals surface area contributed by atoms with Gasteiger partial charge in [0.25, 0.3) is 0 Å². The molecular formula is C17H30NO3+. The average Bonchev–Trinajstić information content (AvgIpc) is 2.44. The lowest BCUT2D eigenvalue weighted by atomic mass is 10.2. The number of aliphatic hydroxyl groups is 1. The Bertz CT molecular complexity index is 399. The summed E-state index contributed by atoms with van der Waals surface area (Å²) in [5, 5.41) is 10.1. The molecule has 0 aliphatic rings. The molecule has 0 aliphatic heterocycles. The van der Waals surface area contributed by atoms with Gasteiger partial charge in [0.15, 0.2) is 0 Å². The predicted octanol–water partition coefficient (Wildman–Crippen LogP) is 1.27. The molecule has 0 amide bonds. The number of aliphatic hydroxyl groups excluding tert-OH is 1. The van der Waals surface area contributed by atoms with Crippen molar-refractivity contribution in [1.82, 2.24) is 0 Å². The molecule has 0 saturated heterocycles. The van der Waals surface area contributed by atoms with Crippen LogP contribution in [0.5, 0.6) is 5.75 Å². The first-order valence-electron chi connectivity index (χ1n) is 7.68. The van der Waals surface area contributed by atoms with Crippen LogP contribution in [0.15, 0.2) is 24.3 Å². The minimum Gasteiger partial charge on any atom is -0.497 e. The summed E-state index contributed by atoms with van der Waals surface area (Å²) >= 11 is 0. The molecule has 4 heteroatoms. The van der Waals surface area contributed by atoms with Crippen LogP contribution in [-0.2, 0) is 11.3 Å². The molecular weight excluding hydrogens is 266 g/mol. The van der Waals surface area contributed by atoms with Gasteiger partial charge in [-0.05, 0) is 45.4 Å². The van der Waals surface area contributed by atoms with E-state index in [0.29, 0.717) is 31.8 Å². The second-order valence-electron chi connectivity index (χ2n) is 6.11. The summed E-state index contributed by atoms with van der Waals surface area (Å²) in [6, 6.07) is 8.79. The zero-order chi connectivity index (χ0) is 15.8. The third-order valence-electron chi connectivity index (χ3n) is 3.67. The Morgan fingerprint density at radius 3 is 2.38 bits per heavy atom. The van der Waals surface area contributed by atoms with Crippen molar-refractivity contribution < 1.29 is 19.5 Å². The van der Waals surface area contributed by atoms with Crippen LogP contribution in [-0.4, -0.2) is 43.6 Å². The van der Waals surface area contributed by atoms with Crippen molar-refractivity contribution in [3.05, 3.63) is 29.8 Å². The van der Waals surface area contributed by atoms with E-state index < -0.39 is 6.10 Å². The van der Waals surface area contributed by atoms with E-state index in [1.165, 1.54) is 4.90 Å². The zero-order valence-electron chi connectivity index (χ0n) is 13.9. The highest BCUT2D eigenvalue weighted by Gasteiger charge is 2.21. The van der Waals surface area contributed by atoms with Crippen molar-refractivity contribution in [1.29, 1.82) is 0 Å². The molecule has 0 spiro atoms. The fraction of sp³-hybridized carbons (Fsp3) is 0.647. The van der Waals surface area contributed by atoms with Gasteiger partial charge in [0.1, 0.15) is 18.4 Å². The molecule has 120 valence electrons. The Kier molecular flexibility index (Phi) is 7.72. The highest BCUT2D eigenvalue weighted by Crippen LogP contribution is 2.13. The Hall–Kier alpha value is -1.10. The van der Waals surface area contributed by atoms with Gasteiger partial charge in [-0.15, -0.1) is 0 Å². The third-order valence-corrected chi connectivity index (χ3v) is 3.67. The molecule has 0 heterocycles. The van der Waals surface area contributed by atoms with Crippen LogP contribution in [0.4, 0.5) is 0 Å². The summed E-state index contributed by atoms with van der Waals surface area (Å²) in [5.41, 5.74) is 1.05. The van der Waals surface area contributed by atoms with Gasteiger partial charge in [0.05, 0.1) is 32.4 Å². The maximum atomic E-state index is 10.1. The predicted molar refractivity (Wildman–Crippen MR) is 84.8 cm³/mol. The number of nitrogens with one attached hydrogen (secondary N) is 1. The van der Waals surface area contributed by atoms with Gasteiger partial charge in [0, 0.05) is 0 Å². The van der Waals surface area contributed by atoms with Gasteiger partial charge >= 0.3 is 0 Å². The van der Waals surface area contributed by atoms with Crippen molar-refractivity contribution in [2.45, 2.75) is 52.5 Å². The molecule has 0 aliphatic carbocycles. The molecule has 0 saturated carbocycles. The lowest BCUT2D eigenvalue weighted by Gasteiger charge is -2.29. The molecule has 2 N–H and O–H groups in total. The monoisotopic (exact) mass is 296 g/mol. The molecule has 0 aromatic heterocycles. The van der Waals surface area contributed by atoms with E-state index in [-0.39, 0.29) is 0 Å². The molecule has 0 unspecified atom stereocenters. The maximum Gasteiger partial charge on any atom is 0.126 e. The van der Waals surface area contributed by atoms with Crippen LogP contribution < -0.4 is 9.64 Å². The fourth-order valence-electron chi connectivity index (χ4n) is 2.54. The van der Waals surface area contributed by atoms with Gasteiger partial charge in [-0.2, -0.15) is 0 Å². The number of hydrogen-bond acceptors (Lipinski definition) is 3. The lowest BCUT2D eigenvalue weighted by molar-refractivity contribution is -0.945. The van der Waals surface area contributed by atoms with E-state index in [0.717, 1.165) is 11.3 Å². The highest BCUT2D eigenvalue weighted by atomic mass is 16.5. The molecule has 0 radical (unpaired) electrons. The highest BCUT2D eigenvalue weighted by molar-refractivity contribution is 5.27. The summed E-state index contributed by atoms with van der Waals surface area (Å²) in [6.45, 7) is 10.3. The second-order valence-corrected chi connectivity index (χ2v) is 6.11. The Labute approximate surface area is 128 Å². The number of rotatable bonds is 9. The van der Waals surface area contributed by atoms with E-state index >= 15 is 0 Å². The Morgan fingerprint density at radius 2 is 1.81 bits per heavy atom. The average molecular weight is 296 g/mol. The molecule has 0 fully saturated rings. The van der Waals surface area contributed by atoms with Gasteiger partial charge in [-0.1, -0.05) is 12.1 Å².